The first-order valence-corrected chi connectivity index (χ1v) is 9.46. The smallest absolute Gasteiger partial charge is 0.291 e. The monoisotopic (exact) mass is 387 g/mol. The molecular formula is C23H21N3O3. The molecule has 1 heterocycles. The molecule has 1 fully saturated rings. The third kappa shape index (κ3) is 4.43. The maximum atomic E-state index is 12.3. The molecule has 2 aromatic carbocycles. The Balaban J connectivity index is 1.32. The first-order valence-electron chi connectivity index (χ1n) is 9.46. The predicted molar refractivity (Wildman–Crippen MR) is 111 cm³/mol. The summed E-state index contributed by atoms with van der Waals surface area (Å²) >= 11 is 0. The Bertz CT molecular complexity index is 1020. The van der Waals surface area contributed by atoms with Crippen molar-refractivity contribution < 1.29 is 14.0 Å². The van der Waals surface area contributed by atoms with Gasteiger partial charge in [-0.1, -0.05) is 42.5 Å². The van der Waals surface area contributed by atoms with Gasteiger partial charge in [-0.15, -0.1) is 0 Å². The average molecular weight is 387 g/mol. The molecule has 3 aromatic rings. The number of anilines is 1. The van der Waals surface area contributed by atoms with Crippen LogP contribution < -0.4 is 10.7 Å². The highest BCUT2D eigenvalue weighted by molar-refractivity contribution is 6.03. The lowest BCUT2D eigenvalue weighted by molar-refractivity contribution is -0.122. The van der Waals surface area contributed by atoms with E-state index in [0.29, 0.717) is 11.4 Å². The normalized spacial score (nSPS) is 18.2. The van der Waals surface area contributed by atoms with Gasteiger partial charge in [-0.2, -0.15) is 5.10 Å². The zero-order valence-electron chi connectivity index (χ0n) is 16.0. The van der Waals surface area contributed by atoms with Gasteiger partial charge in [0.25, 0.3) is 5.91 Å². The zero-order chi connectivity index (χ0) is 20.2. The molecule has 2 atom stereocenters. The van der Waals surface area contributed by atoms with Gasteiger partial charge in [-0.05, 0) is 54.7 Å². The second-order valence-corrected chi connectivity index (χ2v) is 7.04. The van der Waals surface area contributed by atoms with E-state index in [-0.39, 0.29) is 29.4 Å². The van der Waals surface area contributed by atoms with E-state index >= 15 is 0 Å². The van der Waals surface area contributed by atoms with Crippen LogP contribution in [0.1, 0.15) is 40.9 Å². The Morgan fingerprint density at radius 1 is 1.00 bits per heavy atom. The third-order valence-electron chi connectivity index (χ3n) is 4.99. The van der Waals surface area contributed by atoms with Gasteiger partial charge >= 0.3 is 0 Å². The van der Waals surface area contributed by atoms with Crippen LogP contribution in [0.4, 0.5) is 5.69 Å². The van der Waals surface area contributed by atoms with Crippen LogP contribution in [-0.2, 0) is 4.79 Å². The molecule has 6 nitrogen and oxygen atoms in total. The van der Waals surface area contributed by atoms with Crippen LogP contribution in [0.2, 0.25) is 0 Å². The molecule has 0 aliphatic heterocycles. The lowest BCUT2D eigenvalue weighted by Gasteiger charge is -2.06. The van der Waals surface area contributed by atoms with E-state index in [1.165, 1.54) is 11.8 Å². The molecule has 0 bridgehead atoms. The van der Waals surface area contributed by atoms with Gasteiger partial charge in [0, 0.05) is 11.6 Å². The molecule has 146 valence electrons. The molecule has 4 rings (SSSR count). The van der Waals surface area contributed by atoms with Crippen molar-refractivity contribution in [1.29, 1.82) is 0 Å². The minimum Gasteiger partial charge on any atom is -0.459 e. The first kappa shape index (κ1) is 18.7. The van der Waals surface area contributed by atoms with Gasteiger partial charge in [0.05, 0.1) is 12.0 Å². The van der Waals surface area contributed by atoms with Crippen LogP contribution in [0.15, 0.2) is 82.5 Å². The molecule has 1 aliphatic rings. The Labute approximate surface area is 168 Å². The number of hydrazone groups is 1. The summed E-state index contributed by atoms with van der Waals surface area (Å²) < 4.78 is 5.07. The highest BCUT2D eigenvalue weighted by Crippen LogP contribution is 2.47. The number of hydrogen-bond donors (Lipinski definition) is 2. The lowest BCUT2D eigenvalue weighted by Crippen LogP contribution is -2.21. The maximum Gasteiger partial charge on any atom is 0.291 e. The number of nitrogens with one attached hydrogen (secondary N) is 2. The standard InChI is InChI=1S/C23H21N3O3/c1-15(25-26-22(27)20-14-19(20)17-6-3-2-4-7-17)16-9-11-18(12-10-16)24-23(28)21-8-5-13-29-21/h2-13,19-20H,14H2,1H3,(H,24,28)(H,26,27)/b25-15-/t19-,20+/m1/s1. The highest BCUT2D eigenvalue weighted by atomic mass is 16.3. The van der Waals surface area contributed by atoms with Crippen molar-refractivity contribution in [3.05, 3.63) is 89.9 Å². The molecule has 0 spiro atoms. The van der Waals surface area contributed by atoms with Crippen molar-refractivity contribution in [2.75, 3.05) is 5.32 Å². The van der Waals surface area contributed by atoms with Gasteiger partial charge in [0.15, 0.2) is 5.76 Å². The first-order chi connectivity index (χ1) is 14.1. The number of furan rings is 1. The van der Waals surface area contributed by atoms with E-state index in [9.17, 15) is 9.59 Å². The van der Waals surface area contributed by atoms with E-state index in [1.54, 1.807) is 24.3 Å². The largest absolute Gasteiger partial charge is 0.459 e. The van der Waals surface area contributed by atoms with E-state index < -0.39 is 0 Å². The van der Waals surface area contributed by atoms with Gasteiger partial charge < -0.3 is 9.73 Å². The molecule has 1 aliphatic carbocycles. The third-order valence-corrected chi connectivity index (χ3v) is 4.99. The summed E-state index contributed by atoms with van der Waals surface area (Å²) in [5.41, 5.74) is 6.07. The van der Waals surface area contributed by atoms with Crippen molar-refractivity contribution in [2.24, 2.45) is 11.0 Å². The summed E-state index contributed by atoms with van der Waals surface area (Å²) in [6.45, 7) is 1.83. The summed E-state index contributed by atoms with van der Waals surface area (Å²) in [6, 6.07) is 20.6. The molecule has 1 saturated carbocycles. The van der Waals surface area contributed by atoms with E-state index in [1.807, 2.05) is 37.3 Å². The average Bonchev–Trinajstić information content (AvgIpc) is 3.37. The van der Waals surface area contributed by atoms with Gasteiger partial charge in [-0.25, -0.2) is 5.43 Å². The number of hydrogen-bond acceptors (Lipinski definition) is 4. The number of benzene rings is 2. The fourth-order valence-electron chi connectivity index (χ4n) is 3.24. The number of amides is 2. The lowest BCUT2D eigenvalue weighted by atomic mass is 10.1. The molecule has 0 saturated heterocycles. The Morgan fingerprint density at radius 2 is 1.76 bits per heavy atom. The number of rotatable bonds is 6. The molecule has 29 heavy (non-hydrogen) atoms. The predicted octanol–water partition coefficient (Wildman–Crippen LogP) is 4.18. The molecule has 2 N–H and O–H groups in total. The second kappa shape index (κ2) is 8.14. The SMILES string of the molecule is C/C(=N/NC(=O)[C@H]1C[C@@H]1c1ccccc1)c1ccc(NC(=O)c2ccco2)cc1. The Hall–Kier alpha value is -3.67. The summed E-state index contributed by atoms with van der Waals surface area (Å²) in [5.74, 6) is 0.152. The minimum absolute atomic E-state index is 0.0202. The Morgan fingerprint density at radius 3 is 2.45 bits per heavy atom. The maximum absolute atomic E-state index is 12.3. The molecule has 0 unspecified atom stereocenters. The van der Waals surface area contributed by atoms with Crippen molar-refractivity contribution in [3.63, 3.8) is 0 Å². The van der Waals surface area contributed by atoms with Crippen molar-refractivity contribution >= 4 is 23.2 Å². The molecule has 1 aromatic heterocycles. The summed E-state index contributed by atoms with van der Waals surface area (Å²) in [4.78, 5) is 24.3. The van der Waals surface area contributed by atoms with Crippen molar-refractivity contribution in [3.8, 4) is 0 Å². The fourth-order valence-corrected chi connectivity index (χ4v) is 3.24. The van der Waals surface area contributed by atoms with Gasteiger partial charge in [-0.3, -0.25) is 9.59 Å². The highest BCUT2D eigenvalue weighted by Gasteiger charge is 2.43. The van der Waals surface area contributed by atoms with Crippen molar-refractivity contribution in [2.45, 2.75) is 19.3 Å². The summed E-state index contributed by atoms with van der Waals surface area (Å²) in [6.07, 6.45) is 2.31. The van der Waals surface area contributed by atoms with E-state index in [4.69, 9.17) is 4.42 Å². The number of nitrogens with zero attached hydrogens (tertiary/aromatic N) is 1. The summed E-state index contributed by atoms with van der Waals surface area (Å²) in [5, 5.41) is 6.99. The number of carbonyl (C=O) groups is 2. The van der Waals surface area contributed by atoms with Crippen LogP contribution in [-0.4, -0.2) is 17.5 Å². The van der Waals surface area contributed by atoms with Crippen LogP contribution in [0, 0.1) is 5.92 Å². The topological polar surface area (TPSA) is 83.7 Å². The molecule has 0 radical (unpaired) electrons. The minimum atomic E-state index is -0.308. The van der Waals surface area contributed by atoms with E-state index in [0.717, 1.165) is 12.0 Å². The van der Waals surface area contributed by atoms with Crippen LogP contribution in [0.3, 0.4) is 0 Å². The molecular weight excluding hydrogens is 366 g/mol. The van der Waals surface area contributed by atoms with Crippen LogP contribution in [0.25, 0.3) is 0 Å². The van der Waals surface area contributed by atoms with Crippen LogP contribution in [0.5, 0.6) is 0 Å². The van der Waals surface area contributed by atoms with Gasteiger partial charge in [0.2, 0.25) is 5.91 Å². The van der Waals surface area contributed by atoms with Crippen LogP contribution >= 0.6 is 0 Å². The Kier molecular flexibility index (Phi) is 5.24. The molecule has 6 heteroatoms. The fraction of sp³-hybridized carbons (Fsp3) is 0.174. The summed E-state index contributed by atoms with van der Waals surface area (Å²) in [7, 11) is 0. The van der Waals surface area contributed by atoms with E-state index in [2.05, 4.69) is 28.0 Å². The number of carbonyl (C=O) groups excluding carboxylic acids is 2. The van der Waals surface area contributed by atoms with Crippen molar-refractivity contribution in [1.82, 2.24) is 5.43 Å². The second-order valence-electron chi connectivity index (χ2n) is 7.04. The van der Waals surface area contributed by atoms with Gasteiger partial charge in [0.1, 0.15) is 0 Å². The molecule has 2 amide bonds. The zero-order valence-corrected chi connectivity index (χ0v) is 16.0. The quantitative estimate of drug-likeness (QED) is 0.492.